The molecule has 3 rings (SSSR count). The first-order valence-electron chi connectivity index (χ1n) is 7.30. The number of benzene rings is 2. The monoisotopic (exact) mass is 407 g/mol. The Morgan fingerprint density at radius 3 is 2.64 bits per heavy atom. The largest absolute Gasteiger partial charge is 0.487 e. The first-order chi connectivity index (χ1) is 10.5. The van der Waals surface area contributed by atoms with Crippen molar-refractivity contribution in [3.05, 3.63) is 63.2 Å². The van der Waals surface area contributed by atoms with Crippen LogP contribution in [0.4, 0.5) is 0 Å². The second-order valence-electron chi connectivity index (χ2n) is 6.11. The lowest BCUT2D eigenvalue weighted by Gasteiger charge is -2.37. The molecule has 0 fully saturated rings. The van der Waals surface area contributed by atoms with E-state index in [2.05, 4.69) is 27.9 Å². The number of carbonyl (C=O) groups is 1. The summed E-state index contributed by atoms with van der Waals surface area (Å²) in [6, 6.07) is 15.5. The molecule has 114 valence electrons. The minimum atomic E-state index is -0.295. The van der Waals surface area contributed by atoms with Crippen molar-refractivity contribution in [1.29, 1.82) is 0 Å². The van der Waals surface area contributed by atoms with Crippen LogP contribution in [-0.2, 0) is 0 Å². The van der Waals surface area contributed by atoms with Gasteiger partial charge in [-0.3, -0.25) is 4.79 Å². The van der Waals surface area contributed by atoms with Crippen molar-refractivity contribution in [2.24, 2.45) is 0 Å². The Morgan fingerprint density at radius 2 is 1.86 bits per heavy atom. The molecular weight excluding hydrogens is 389 g/mol. The highest BCUT2D eigenvalue weighted by Crippen LogP contribution is 2.39. The first kappa shape index (κ1) is 15.3. The fourth-order valence-electron chi connectivity index (χ4n) is 2.81. The van der Waals surface area contributed by atoms with E-state index < -0.39 is 0 Å². The van der Waals surface area contributed by atoms with E-state index in [-0.39, 0.29) is 17.6 Å². The summed E-state index contributed by atoms with van der Waals surface area (Å²) in [6.45, 7) is 4.10. The minimum absolute atomic E-state index is 0.0385. The molecule has 22 heavy (non-hydrogen) atoms. The molecule has 3 nitrogen and oxygen atoms in total. The van der Waals surface area contributed by atoms with Gasteiger partial charge in [-0.1, -0.05) is 30.3 Å². The quantitative estimate of drug-likeness (QED) is 0.753. The van der Waals surface area contributed by atoms with Crippen LogP contribution in [-0.4, -0.2) is 11.5 Å². The highest BCUT2D eigenvalue weighted by atomic mass is 127. The zero-order valence-corrected chi connectivity index (χ0v) is 14.8. The van der Waals surface area contributed by atoms with Gasteiger partial charge in [-0.05, 0) is 54.6 Å². The molecule has 0 saturated heterocycles. The molecule has 0 saturated carbocycles. The van der Waals surface area contributed by atoms with Gasteiger partial charge < -0.3 is 10.1 Å². The number of fused-ring (bicyclic) bond motifs is 1. The van der Waals surface area contributed by atoms with E-state index in [1.165, 1.54) is 0 Å². The van der Waals surface area contributed by atoms with E-state index in [9.17, 15) is 4.79 Å². The third-order valence-electron chi connectivity index (χ3n) is 3.80. The normalized spacial score (nSPS) is 19.0. The Morgan fingerprint density at radius 1 is 1.18 bits per heavy atom. The third kappa shape index (κ3) is 3.11. The Balaban J connectivity index is 1.89. The van der Waals surface area contributed by atoms with Crippen LogP contribution in [0.15, 0.2) is 48.5 Å². The second kappa shape index (κ2) is 5.91. The highest BCUT2D eigenvalue weighted by molar-refractivity contribution is 14.1. The maximum atomic E-state index is 12.6. The number of hydrogen-bond acceptors (Lipinski definition) is 2. The number of para-hydroxylation sites is 1. The van der Waals surface area contributed by atoms with Crippen LogP contribution in [0.2, 0.25) is 0 Å². The molecule has 4 heteroatoms. The van der Waals surface area contributed by atoms with Crippen molar-refractivity contribution in [2.75, 3.05) is 0 Å². The zero-order chi connectivity index (χ0) is 15.7. The number of ether oxygens (including phenoxy) is 1. The number of amides is 1. The van der Waals surface area contributed by atoms with Gasteiger partial charge >= 0.3 is 0 Å². The van der Waals surface area contributed by atoms with Gasteiger partial charge in [-0.15, -0.1) is 0 Å². The molecule has 2 aromatic rings. The van der Waals surface area contributed by atoms with Gasteiger partial charge in [0.05, 0.1) is 11.6 Å². The zero-order valence-electron chi connectivity index (χ0n) is 12.6. The predicted octanol–water partition coefficient (Wildman–Crippen LogP) is 4.32. The van der Waals surface area contributed by atoms with Crippen LogP contribution in [0.1, 0.15) is 42.2 Å². The van der Waals surface area contributed by atoms with Crippen molar-refractivity contribution in [3.8, 4) is 5.75 Å². The number of carbonyl (C=O) groups excluding carboxylic acids is 1. The molecule has 0 aromatic heterocycles. The average molecular weight is 407 g/mol. The summed E-state index contributed by atoms with van der Waals surface area (Å²) in [5, 5.41) is 3.16. The Bertz CT molecular complexity index is 712. The van der Waals surface area contributed by atoms with E-state index in [0.29, 0.717) is 5.56 Å². The molecule has 0 radical (unpaired) electrons. The summed E-state index contributed by atoms with van der Waals surface area (Å²) in [7, 11) is 0. The molecule has 1 amide bonds. The maximum Gasteiger partial charge on any atom is 0.252 e. The number of nitrogens with one attached hydrogen (secondary N) is 1. The average Bonchev–Trinajstić information content (AvgIpc) is 2.46. The van der Waals surface area contributed by atoms with E-state index in [1.54, 1.807) is 0 Å². The van der Waals surface area contributed by atoms with Crippen LogP contribution >= 0.6 is 22.6 Å². The molecular formula is C18H18INO2. The van der Waals surface area contributed by atoms with Gasteiger partial charge in [0.25, 0.3) is 5.91 Å². The predicted molar refractivity (Wildman–Crippen MR) is 95.1 cm³/mol. The summed E-state index contributed by atoms with van der Waals surface area (Å²) >= 11 is 2.19. The minimum Gasteiger partial charge on any atom is -0.487 e. The van der Waals surface area contributed by atoms with Gasteiger partial charge in [0.1, 0.15) is 11.4 Å². The number of rotatable bonds is 2. The molecule has 1 aliphatic rings. The molecule has 0 aliphatic carbocycles. The lowest BCUT2D eigenvalue weighted by molar-refractivity contribution is 0.0619. The van der Waals surface area contributed by atoms with Crippen LogP contribution in [0.5, 0.6) is 5.75 Å². The van der Waals surface area contributed by atoms with E-state index >= 15 is 0 Å². The number of halogens is 1. The Hall–Kier alpha value is -1.56. The van der Waals surface area contributed by atoms with Crippen molar-refractivity contribution in [3.63, 3.8) is 0 Å². The first-order valence-corrected chi connectivity index (χ1v) is 8.37. The highest BCUT2D eigenvalue weighted by Gasteiger charge is 2.34. The van der Waals surface area contributed by atoms with E-state index in [0.717, 1.165) is 21.3 Å². The summed E-state index contributed by atoms with van der Waals surface area (Å²) in [5.41, 5.74) is 1.46. The van der Waals surface area contributed by atoms with E-state index in [4.69, 9.17) is 4.74 Å². The molecule has 1 heterocycles. The van der Waals surface area contributed by atoms with Crippen LogP contribution < -0.4 is 10.1 Å². The second-order valence-corrected chi connectivity index (χ2v) is 7.27. The van der Waals surface area contributed by atoms with E-state index in [1.807, 2.05) is 62.4 Å². The standard InChI is InChI=1S/C18H18INO2/c1-18(2)11-15(13-8-4-6-10-16(13)22-18)20-17(21)12-7-3-5-9-14(12)19/h3-10,15H,11H2,1-2H3,(H,20,21)/t15-/m0/s1. The molecule has 2 aromatic carbocycles. The Labute approximate surface area is 144 Å². The van der Waals surface area contributed by atoms with Gasteiger partial charge in [0.15, 0.2) is 0 Å². The fraction of sp³-hybridized carbons (Fsp3) is 0.278. The number of hydrogen-bond donors (Lipinski definition) is 1. The fourth-order valence-corrected chi connectivity index (χ4v) is 3.44. The van der Waals surface area contributed by atoms with Gasteiger partial charge in [0.2, 0.25) is 0 Å². The van der Waals surface area contributed by atoms with Crippen LogP contribution in [0.3, 0.4) is 0 Å². The molecule has 0 bridgehead atoms. The summed E-state index contributed by atoms with van der Waals surface area (Å²) in [6.07, 6.45) is 0.749. The van der Waals surface area contributed by atoms with Crippen molar-refractivity contribution < 1.29 is 9.53 Å². The van der Waals surface area contributed by atoms with Crippen LogP contribution in [0, 0.1) is 3.57 Å². The molecule has 0 spiro atoms. The maximum absolute atomic E-state index is 12.6. The van der Waals surface area contributed by atoms with Gasteiger partial charge in [0, 0.05) is 15.6 Å². The Kier molecular flexibility index (Phi) is 4.12. The molecule has 1 atom stereocenters. The van der Waals surface area contributed by atoms with Gasteiger partial charge in [-0.25, -0.2) is 0 Å². The summed E-state index contributed by atoms with van der Waals surface area (Å²) in [5.74, 6) is 0.814. The topological polar surface area (TPSA) is 38.3 Å². The SMILES string of the molecule is CC1(C)C[C@H](NC(=O)c2ccccc2I)c2ccccc2O1. The molecule has 1 N–H and O–H groups in total. The van der Waals surface area contributed by atoms with Crippen molar-refractivity contribution in [1.82, 2.24) is 5.32 Å². The lowest BCUT2D eigenvalue weighted by Crippen LogP contribution is -2.41. The smallest absolute Gasteiger partial charge is 0.252 e. The third-order valence-corrected chi connectivity index (χ3v) is 4.74. The van der Waals surface area contributed by atoms with Crippen molar-refractivity contribution >= 4 is 28.5 Å². The molecule has 0 unspecified atom stereocenters. The summed E-state index contributed by atoms with van der Waals surface area (Å²) in [4.78, 5) is 12.6. The van der Waals surface area contributed by atoms with Crippen molar-refractivity contribution in [2.45, 2.75) is 31.9 Å². The summed E-state index contributed by atoms with van der Waals surface area (Å²) < 4.78 is 6.96. The van der Waals surface area contributed by atoms with Crippen LogP contribution in [0.25, 0.3) is 0 Å². The van der Waals surface area contributed by atoms with Gasteiger partial charge in [-0.2, -0.15) is 0 Å². The molecule has 1 aliphatic heterocycles. The lowest BCUT2D eigenvalue weighted by atomic mass is 9.89.